The summed E-state index contributed by atoms with van der Waals surface area (Å²) in [5, 5.41) is 5.79. The van der Waals surface area contributed by atoms with Crippen LogP contribution in [0.1, 0.15) is 49.2 Å². The SMILES string of the molecule is CCCOc1ccc(C(C)NCc2sccc2CC)cc1. The van der Waals surface area contributed by atoms with Crippen molar-refractivity contribution in [2.24, 2.45) is 0 Å². The van der Waals surface area contributed by atoms with Gasteiger partial charge in [-0.25, -0.2) is 0 Å². The number of thiophene rings is 1. The van der Waals surface area contributed by atoms with Crippen LogP contribution in [0.25, 0.3) is 0 Å². The van der Waals surface area contributed by atoms with Crippen molar-refractivity contribution in [2.45, 2.75) is 46.2 Å². The lowest BCUT2D eigenvalue weighted by molar-refractivity contribution is 0.317. The molecule has 0 amide bonds. The van der Waals surface area contributed by atoms with E-state index in [9.17, 15) is 0 Å². The molecule has 2 rings (SSSR count). The molecule has 1 aromatic heterocycles. The summed E-state index contributed by atoms with van der Waals surface area (Å²) in [6.45, 7) is 8.27. The van der Waals surface area contributed by atoms with E-state index in [1.165, 1.54) is 16.0 Å². The summed E-state index contributed by atoms with van der Waals surface area (Å²) in [4.78, 5) is 1.45. The molecular formula is C18H25NOS. The maximum Gasteiger partial charge on any atom is 0.119 e. The van der Waals surface area contributed by atoms with Crippen molar-refractivity contribution in [2.75, 3.05) is 6.61 Å². The highest BCUT2D eigenvalue weighted by atomic mass is 32.1. The van der Waals surface area contributed by atoms with Gasteiger partial charge < -0.3 is 10.1 Å². The average Bonchev–Trinajstić information content (AvgIpc) is 2.98. The molecule has 0 saturated heterocycles. The molecule has 3 heteroatoms. The summed E-state index contributed by atoms with van der Waals surface area (Å²) in [5.41, 5.74) is 2.76. The van der Waals surface area contributed by atoms with Crippen LogP contribution in [0.5, 0.6) is 5.75 Å². The molecular weight excluding hydrogens is 278 g/mol. The van der Waals surface area contributed by atoms with E-state index in [2.05, 4.69) is 61.8 Å². The highest BCUT2D eigenvalue weighted by Gasteiger charge is 2.07. The van der Waals surface area contributed by atoms with Crippen LogP contribution >= 0.6 is 11.3 Å². The maximum atomic E-state index is 5.62. The molecule has 1 atom stereocenters. The van der Waals surface area contributed by atoms with Crippen LogP contribution in [0, 0.1) is 0 Å². The fourth-order valence-electron chi connectivity index (χ4n) is 2.27. The fraction of sp³-hybridized carbons (Fsp3) is 0.444. The Kier molecular flexibility index (Phi) is 6.27. The number of aryl methyl sites for hydroxylation is 1. The van der Waals surface area contributed by atoms with Crippen LogP contribution in [-0.4, -0.2) is 6.61 Å². The summed E-state index contributed by atoms with van der Waals surface area (Å²) >= 11 is 1.84. The molecule has 2 nitrogen and oxygen atoms in total. The van der Waals surface area contributed by atoms with Gasteiger partial charge in [-0.3, -0.25) is 0 Å². The van der Waals surface area contributed by atoms with Gasteiger partial charge in [-0.15, -0.1) is 11.3 Å². The Labute approximate surface area is 132 Å². The zero-order valence-electron chi connectivity index (χ0n) is 13.2. The van der Waals surface area contributed by atoms with Gasteiger partial charge in [-0.1, -0.05) is 26.0 Å². The van der Waals surface area contributed by atoms with Gasteiger partial charge in [-0.05, 0) is 54.5 Å². The predicted octanol–water partition coefficient (Wildman–Crippen LogP) is 4.95. The molecule has 1 aromatic carbocycles. The molecule has 0 aliphatic rings. The van der Waals surface area contributed by atoms with E-state index in [0.29, 0.717) is 6.04 Å². The highest BCUT2D eigenvalue weighted by molar-refractivity contribution is 7.10. The molecule has 0 radical (unpaired) electrons. The molecule has 0 saturated carbocycles. The Hall–Kier alpha value is -1.32. The van der Waals surface area contributed by atoms with Crippen LogP contribution < -0.4 is 10.1 Å². The van der Waals surface area contributed by atoms with E-state index in [0.717, 1.165) is 31.7 Å². The largest absolute Gasteiger partial charge is 0.494 e. The minimum atomic E-state index is 0.344. The third-order valence-corrected chi connectivity index (χ3v) is 4.60. The normalized spacial score (nSPS) is 12.3. The van der Waals surface area contributed by atoms with E-state index in [1.54, 1.807) is 0 Å². The summed E-state index contributed by atoms with van der Waals surface area (Å²) in [7, 11) is 0. The number of hydrogen-bond acceptors (Lipinski definition) is 3. The maximum absolute atomic E-state index is 5.62. The quantitative estimate of drug-likeness (QED) is 0.745. The summed E-state index contributed by atoms with van der Waals surface area (Å²) in [5.74, 6) is 0.958. The minimum Gasteiger partial charge on any atom is -0.494 e. The molecule has 1 N–H and O–H groups in total. The minimum absolute atomic E-state index is 0.344. The van der Waals surface area contributed by atoms with Crippen molar-refractivity contribution < 1.29 is 4.74 Å². The molecule has 1 unspecified atom stereocenters. The van der Waals surface area contributed by atoms with Gasteiger partial charge in [-0.2, -0.15) is 0 Å². The topological polar surface area (TPSA) is 21.3 Å². The molecule has 0 bridgehead atoms. The second-order valence-corrected chi connectivity index (χ2v) is 6.24. The van der Waals surface area contributed by atoms with Crippen LogP contribution in [0.3, 0.4) is 0 Å². The predicted molar refractivity (Wildman–Crippen MR) is 91.2 cm³/mol. The second-order valence-electron chi connectivity index (χ2n) is 5.24. The first-order chi connectivity index (χ1) is 10.2. The Bertz CT molecular complexity index is 532. The van der Waals surface area contributed by atoms with E-state index < -0.39 is 0 Å². The van der Waals surface area contributed by atoms with Crippen LogP contribution in [0.15, 0.2) is 35.7 Å². The van der Waals surface area contributed by atoms with Gasteiger partial charge in [0.25, 0.3) is 0 Å². The highest BCUT2D eigenvalue weighted by Crippen LogP contribution is 2.21. The van der Waals surface area contributed by atoms with Gasteiger partial charge in [0.15, 0.2) is 0 Å². The van der Waals surface area contributed by atoms with E-state index >= 15 is 0 Å². The van der Waals surface area contributed by atoms with Crippen molar-refractivity contribution in [1.29, 1.82) is 0 Å². The van der Waals surface area contributed by atoms with Crippen molar-refractivity contribution >= 4 is 11.3 Å². The lowest BCUT2D eigenvalue weighted by atomic mass is 10.1. The van der Waals surface area contributed by atoms with E-state index in [4.69, 9.17) is 4.74 Å². The van der Waals surface area contributed by atoms with Crippen LogP contribution in [-0.2, 0) is 13.0 Å². The Balaban J connectivity index is 1.89. The average molecular weight is 303 g/mol. The van der Waals surface area contributed by atoms with Gasteiger partial charge >= 0.3 is 0 Å². The molecule has 0 spiro atoms. The molecule has 114 valence electrons. The monoisotopic (exact) mass is 303 g/mol. The van der Waals surface area contributed by atoms with Crippen molar-refractivity contribution in [3.63, 3.8) is 0 Å². The first-order valence-electron chi connectivity index (χ1n) is 7.76. The van der Waals surface area contributed by atoms with Gasteiger partial charge in [0.2, 0.25) is 0 Å². The van der Waals surface area contributed by atoms with Crippen molar-refractivity contribution in [3.05, 3.63) is 51.7 Å². The fourth-order valence-corrected chi connectivity index (χ4v) is 3.20. The van der Waals surface area contributed by atoms with Crippen LogP contribution in [0.4, 0.5) is 0 Å². The molecule has 0 fully saturated rings. The van der Waals surface area contributed by atoms with Crippen molar-refractivity contribution in [3.8, 4) is 5.75 Å². The van der Waals surface area contributed by atoms with Gasteiger partial charge in [0, 0.05) is 17.5 Å². The van der Waals surface area contributed by atoms with Crippen molar-refractivity contribution in [1.82, 2.24) is 5.32 Å². The molecule has 0 aliphatic heterocycles. The standard InChI is InChI=1S/C18H25NOS/c1-4-11-20-17-8-6-16(7-9-17)14(3)19-13-18-15(5-2)10-12-21-18/h6-10,12,14,19H,4-5,11,13H2,1-3H3. The smallest absolute Gasteiger partial charge is 0.119 e. The number of benzene rings is 1. The lowest BCUT2D eigenvalue weighted by Gasteiger charge is -2.15. The zero-order valence-corrected chi connectivity index (χ0v) is 14.0. The number of hydrogen-bond donors (Lipinski definition) is 1. The Morgan fingerprint density at radius 2 is 1.90 bits per heavy atom. The molecule has 1 heterocycles. The third kappa shape index (κ3) is 4.58. The lowest BCUT2D eigenvalue weighted by Crippen LogP contribution is -2.18. The van der Waals surface area contributed by atoms with Crippen LogP contribution in [0.2, 0.25) is 0 Å². The summed E-state index contributed by atoms with van der Waals surface area (Å²) < 4.78 is 5.62. The number of rotatable bonds is 8. The van der Waals surface area contributed by atoms with E-state index in [1.807, 2.05) is 11.3 Å². The Morgan fingerprint density at radius 1 is 1.14 bits per heavy atom. The van der Waals surface area contributed by atoms with Gasteiger partial charge in [0.1, 0.15) is 5.75 Å². The summed E-state index contributed by atoms with van der Waals surface area (Å²) in [6.07, 6.45) is 2.15. The first kappa shape index (κ1) is 16.1. The second kappa shape index (κ2) is 8.20. The molecule has 0 aliphatic carbocycles. The first-order valence-corrected chi connectivity index (χ1v) is 8.64. The molecule has 2 aromatic rings. The molecule has 21 heavy (non-hydrogen) atoms. The third-order valence-electron chi connectivity index (χ3n) is 3.64. The number of ether oxygens (including phenoxy) is 1. The van der Waals surface area contributed by atoms with Gasteiger partial charge in [0.05, 0.1) is 6.61 Å². The summed E-state index contributed by atoms with van der Waals surface area (Å²) in [6, 6.07) is 11.0. The number of nitrogens with one attached hydrogen (secondary N) is 1. The Morgan fingerprint density at radius 3 is 2.57 bits per heavy atom. The van der Waals surface area contributed by atoms with E-state index in [-0.39, 0.29) is 0 Å². The zero-order chi connectivity index (χ0) is 15.1.